The summed E-state index contributed by atoms with van der Waals surface area (Å²) in [5.41, 5.74) is 1.15. The number of rotatable bonds is 5. The Kier molecular flexibility index (Phi) is 5.11. The van der Waals surface area contributed by atoms with Crippen LogP contribution in [0.2, 0.25) is 0 Å². The van der Waals surface area contributed by atoms with Gasteiger partial charge in [-0.15, -0.1) is 0 Å². The highest BCUT2D eigenvalue weighted by Gasteiger charge is 2.34. The van der Waals surface area contributed by atoms with Crippen LogP contribution in [0.1, 0.15) is 42.5 Å². The van der Waals surface area contributed by atoms with E-state index in [0.29, 0.717) is 6.54 Å². The van der Waals surface area contributed by atoms with Gasteiger partial charge in [0.15, 0.2) is 5.69 Å². The Hall–Kier alpha value is -2.31. The first kappa shape index (κ1) is 17.5. The number of hydrogen-bond acceptors (Lipinski definition) is 4. The van der Waals surface area contributed by atoms with Crippen LogP contribution in [0.4, 0.5) is 24.9 Å². The molecule has 2 aromatic rings. The molecule has 4 nitrogen and oxygen atoms in total. The molecule has 1 fully saturated rings. The van der Waals surface area contributed by atoms with Crippen LogP contribution >= 0.6 is 0 Å². The largest absolute Gasteiger partial charge is 0.433 e. The number of halogens is 3. The third kappa shape index (κ3) is 4.61. The second-order valence-corrected chi connectivity index (χ2v) is 6.37. The second-order valence-electron chi connectivity index (χ2n) is 6.37. The van der Waals surface area contributed by atoms with Crippen LogP contribution in [-0.2, 0) is 12.7 Å². The Morgan fingerprint density at radius 3 is 2.52 bits per heavy atom. The van der Waals surface area contributed by atoms with E-state index in [1.165, 1.54) is 0 Å². The van der Waals surface area contributed by atoms with E-state index in [4.69, 9.17) is 0 Å². The van der Waals surface area contributed by atoms with Gasteiger partial charge < -0.3 is 10.6 Å². The molecule has 3 rings (SSSR count). The highest BCUT2D eigenvalue weighted by Crippen LogP contribution is 2.30. The molecule has 0 atom stereocenters. The molecule has 2 N–H and O–H groups in total. The molecule has 25 heavy (non-hydrogen) atoms. The average molecular weight is 350 g/mol. The predicted molar refractivity (Wildman–Crippen MR) is 91.4 cm³/mol. The lowest BCUT2D eigenvalue weighted by molar-refractivity contribution is -0.141. The fraction of sp³-hybridized carbons (Fsp3) is 0.444. The quantitative estimate of drug-likeness (QED) is 0.815. The summed E-state index contributed by atoms with van der Waals surface area (Å²) < 4.78 is 39.4. The highest BCUT2D eigenvalue weighted by atomic mass is 19.4. The first-order chi connectivity index (χ1) is 11.9. The minimum atomic E-state index is -4.51. The molecule has 0 spiro atoms. The van der Waals surface area contributed by atoms with E-state index in [1.807, 2.05) is 31.2 Å². The van der Waals surface area contributed by atoms with Gasteiger partial charge >= 0.3 is 6.18 Å². The number of nitrogens with zero attached hydrogens (tertiary/aromatic N) is 2. The van der Waals surface area contributed by atoms with Gasteiger partial charge in [0.2, 0.25) is 5.95 Å². The van der Waals surface area contributed by atoms with Crippen LogP contribution in [0.25, 0.3) is 0 Å². The minimum absolute atomic E-state index is 0.0361. The summed E-state index contributed by atoms with van der Waals surface area (Å²) in [5, 5.41) is 6.03. The Balaban J connectivity index is 1.80. The zero-order chi connectivity index (χ0) is 17.9. The molecule has 0 bridgehead atoms. The van der Waals surface area contributed by atoms with Gasteiger partial charge in [0.1, 0.15) is 5.82 Å². The van der Waals surface area contributed by atoms with Crippen LogP contribution in [0.3, 0.4) is 0 Å². The molecule has 0 radical (unpaired) electrons. The second kappa shape index (κ2) is 7.29. The number of hydrogen-bond donors (Lipinski definition) is 2. The highest BCUT2D eigenvalue weighted by molar-refractivity contribution is 5.44. The number of nitrogens with one attached hydrogen (secondary N) is 2. The predicted octanol–water partition coefficient (Wildman–Crippen LogP) is 4.77. The Bertz CT molecular complexity index is 725. The normalized spacial score (nSPS) is 15.4. The van der Waals surface area contributed by atoms with E-state index >= 15 is 0 Å². The van der Waals surface area contributed by atoms with Crippen molar-refractivity contribution in [1.29, 1.82) is 0 Å². The first-order valence-corrected chi connectivity index (χ1v) is 8.43. The van der Waals surface area contributed by atoms with Crippen LogP contribution in [0, 0.1) is 6.92 Å². The molecular weight excluding hydrogens is 329 g/mol. The first-order valence-electron chi connectivity index (χ1n) is 8.43. The lowest BCUT2D eigenvalue weighted by Gasteiger charge is -2.16. The molecule has 1 aromatic heterocycles. The lowest BCUT2D eigenvalue weighted by atomic mass is 10.1. The smallest absolute Gasteiger partial charge is 0.366 e. The van der Waals surface area contributed by atoms with E-state index in [2.05, 4.69) is 20.6 Å². The van der Waals surface area contributed by atoms with Gasteiger partial charge in [0.05, 0.1) is 0 Å². The van der Waals surface area contributed by atoms with E-state index in [0.717, 1.165) is 42.9 Å². The molecule has 0 aliphatic heterocycles. The van der Waals surface area contributed by atoms with E-state index in [9.17, 15) is 13.2 Å². The molecule has 0 unspecified atom stereocenters. The number of benzene rings is 1. The van der Waals surface area contributed by atoms with Crippen LogP contribution in [0.5, 0.6) is 0 Å². The topological polar surface area (TPSA) is 49.8 Å². The summed E-state index contributed by atoms with van der Waals surface area (Å²) in [6.07, 6.45) is -0.477. The Morgan fingerprint density at radius 1 is 1.12 bits per heavy atom. The van der Waals surface area contributed by atoms with Crippen LogP contribution in [0.15, 0.2) is 30.3 Å². The summed E-state index contributed by atoms with van der Waals surface area (Å²) >= 11 is 0. The van der Waals surface area contributed by atoms with Gasteiger partial charge in [-0.2, -0.15) is 18.2 Å². The molecule has 0 saturated heterocycles. The van der Waals surface area contributed by atoms with E-state index in [-0.39, 0.29) is 17.8 Å². The fourth-order valence-electron chi connectivity index (χ4n) is 2.99. The number of aromatic nitrogens is 2. The molecular formula is C18H21F3N4. The van der Waals surface area contributed by atoms with Crippen molar-refractivity contribution in [2.75, 3.05) is 10.6 Å². The van der Waals surface area contributed by atoms with Gasteiger partial charge in [-0.1, -0.05) is 37.1 Å². The maximum atomic E-state index is 13.1. The Labute approximate surface area is 144 Å². The zero-order valence-electron chi connectivity index (χ0n) is 14.0. The summed E-state index contributed by atoms with van der Waals surface area (Å²) in [7, 11) is 0. The van der Waals surface area contributed by atoms with Crippen molar-refractivity contribution in [2.45, 2.75) is 51.4 Å². The van der Waals surface area contributed by atoms with Crippen molar-refractivity contribution >= 4 is 11.8 Å². The van der Waals surface area contributed by atoms with Gasteiger partial charge in [-0.25, -0.2) is 4.98 Å². The van der Waals surface area contributed by atoms with Crippen LogP contribution in [-0.4, -0.2) is 16.0 Å². The monoisotopic (exact) mass is 350 g/mol. The molecule has 1 saturated carbocycles. The zero-order valence-corrected chi connectivity index (χ0v) is 14.0. The number of alkyl halides is 3. The SMILES string of the molecule is Cc1ccccc1CNc1cc(C(F)(F)F)nc(NC2CCCC2)n1. The van der Waals surface area contributed by atoms with Crippen molar-refractivity contribution < 1.29 is 13.2 Å². The van der Waals surface area contributed by atoms with Gasteiger partial charge in [-0.3, -0.25) is 0 Å². The minimum Gasteiger partial charge on any atom is -0.366 e. The van der Waals surface area contributed by atoms with Gasteiger partial charge in [-0.05, 0) is 30.9 Å². The third-order valence-electron chi connectivity index (χ3n) is 4.43. The Morgan fingerprint density at radius 2 is 1.84 bits per heavy atom. The summed E-state index contributed by atoms with van der Waals surface area (Å²) in [6, 6.07) is 8.83. The maximum absolute atomic E-state index is 13.1. The van der Waals surface area contributed by atoms with Crippen molar-refractivity contribution in [3.05, 3.63) is 47.2 Å². The van der Waals surface area contributed by atoms with Gasteiger partial charge in [0.25, 0.3) is 0 Å². The summed E-state index contributed by atoms with van der Waals surface area (Å²) in [6.45, 7) is 2.37. The van der Waals surface area contributed by atoms with E-state index in [1.54, 1.807) is 0 Å². The summed E-state index contributed by atoms with van der Waals surface area (Å²) in [4.78, 5) is 7.88. The fourth-order valence-corrected chi connectivity index (χ4v) is 2.99. The molecule has 134 valence electrons. The van der Waals surface area contributed by atoms with Crippen molar-refractivity contribution in [1.82, 2.24) is 9.97 Å². The molecule has 1 heterocycles. The van der Waals surface area contributed by atoms with Crippen molar-refractivity contribution in [3.63, 3.8) is 0 Å². The van der Waals surface area contributed by atoms with Crippen molar-refractivity contribution in [3.8, 4) is 0 Å². The maximum Gasteiger partial charge on any atom is 0.433 e. The van der Waals surface area contributed by atoms with Crippen molar-refractivity contribution in [2.24, 2.45) is 0 Å². The molecule has 1 aliphatic carbocycles. The van der Waals surface area contributed by atoms with Gasteiger partial charge in [0, 0.05) is 18.7 Å². The lowest BCUT2D eigenvalue weighted by Crippen LogP contribution is -2.19. The molecule has 1 aliphatic rings. The standard InChI is InChI=1S/C18H21F3N4/c1-12-6-2-3-7-13(12)11-22-16-10-15(18(19,20)21)24-17(25-16)23-14-8-4-5-9-14/h2-3,6-7,10,14H,4-5,8-9,11H2,1H3,(H2,22,23,24,25). The molecule has 0 amide bonds. The third-order valence-corrected chi connectivity index (χ3v) is 4.43. The van der Waals surface area contributed by atoms with E-state index < -0.39 is 11.9 Å². The molecule has 7 heteroatoms. The number of anilines is 2. The molecule has 1 aromatic carbocycles. The average Bonchev–Trinajstić information content (AvgIpc) is 3.06. The summed E-state index contributed by atoms with van der Waals surface area (Å²) in [5.74, 6) is 0.208. The van der Waals surface area contributed by atoms with Crippen LogP contribution < -0.4 is 10.6 Å². The number of aryl methyl sites for hydroxylation is 1.